The third kappa shape index (κ3) is 4.30. The fourth-order valence-electron chi connectivity index (χ4n) is 2.20. The molecule has 3 heterocycles. The molecule has 0 bridgehead atoms. The molecule has 0 atom stereocenters. The van der Waals surface area contributed by atoms with Crippen LogP contribution in [0, 0.1) is 13.8 Å². The SMILES string of the molecule is Cc1nc(Oc2nc(-c3cncc(Cl)c3)ccc2NS(C)(=O)=O)c(C)o1. The largest absolute Gasteiger partial charge is 0.442 e. The van der Waals surface area contributed by atoms with Crippen molar-refractivity contribution in [3.05, 3.63) is 47.3 Å². The monoisotopic (exact) mass is 394 g/mol. The summed E-state index contributed by atoms with van der Waals surface area (Å²) in [5.74, 6) is 1.10. The maximum Gasteiger partial charge on any atom is 0.263 e. The molecule has 0 unspecified atom stereocenters. The van der Waals surface area contributed by atoms with Crippen LogP contribution in [-0.4, -0.2) is 29.6 Å². The van der Waals surface area contributed by atoms with Crippen LogP contribution in [0.25, 0.3) is 11.3 Å². The van der Waals surface area contributed by atoms with Crippen LogP contribution in [-0.2, 0) is 10.0 Å². The molecule has 0 aromatic carbocycles. The molecule has 0 amide bonds. The number of nitrogens with one attached hydrogen (secondary N) is 1. The molecule has 8 nitrogen and oxygen atoms in total. The summed E-state index contributed by atoms with van der Waals surface area (Å²) in [5.41, 5.74) is 1.33. The first-order valence-electron chi connectivity index (χ1n) is 7.43. The van der Waals surface area contributed by atoms with Crippen LogP contribution in [0.1, 0.15) is 11.7 Å². The number of oxazole rings is 1. The van der Waals surface area contributed by atoms with E-state index in [-0.39, 0.29) is 17.4 Å². The molecule has 0 spiro atoms. The van der Waals surface area contributed by atoms with Gasteiger partial charge < -0.3 is 9.15 Å². The van der Waals surface area contributed by atoms with E-state index in [0.29, 0.717) is 27.9 Å². The summed E-state index contributed by atoms with van der Waals surface area (Å²) < 4.78 is 36.6. The first-order valence-corrected chi connectivity index (χ1v) is 9.70. The van der Waals surface area contributed by atoms with E-state index >= 15 is 0 Å². The van der Waals surface area contributed by atoms with Gasteiger partial charge in [-0.2, -0.15) is 4.98 Å². The van der Waals surface area contributed by atoms with Crippen molar-refractivity contribution in [1.82, 2.24) is 15.0 Å². The average Bonchev–Trinajstić information content (AvgIpc) is 2.85. The van der Waals surface area contributed by atoms with E-state index < -0.39 is 10.0 Å². The number of pyridine rings is 2. The van der Waals surface area contributed by atoms with E-state index in [2.05, 4.69) is 19.7 Å². The van der Waals surface area contributed by atoms with Gasteiger partial charge in [0.1, 0.15) is 5.69 Å². The van der Waals surface area contributed by atoms with E-state index in [9.17, 15) is 8.42 Å². The second-order valence-electron chi connectivity index (χ2n) is 5.51. The van der Waals surface area contributed by atoms with Gasteiger partial charge in [-0.15, -0.1) is 0 Å². The topological polar surface area (TPSA) is 107 Å². The number of aromatic nitrogens is 3. The van der Waals surface area contributed by atoms with Crippen molar-refractivity contribution in [3.8, 4) is 23.0 Å². The Hall–Kier alpha value is -2.65. The molecule has 136 valence electrons. The maximum absolute atomic E-state index is 11.6. The summed E-state index contributed by atoms with van der Waals surface area (Å²) in [4.78, 5) is 12.5. The maximum atomic E-state index is 11.6. The lowest BCUT2D eigenvalue weighted by Crippen LogP contribution is -2.11. The van der Waals surface area contributed by atoms with Gasteiger partial charge in [0.2, 0.25) is 15.9 Å². The van der Waals surface area contributed by atoms with Crippen LogP contribution >= 0.6 is 11.6 Å². The molecule has 0 fully saturated rings. The van der Waals surface area contributed by atoms with Crippen LogP contribution in [0.5, 0.6) is 11.8 Å². The lowest BCUT2D eigenvalue weighted by molar-refractivity contribution is 0.431. The molecule has 3 aromatic rings. The van der Waals surface area contributed by atoms with Crippen LogP contribution in [0.4, 0.5) is 5.69 Å². The zero-order chi connectivity index (χ0) is 18.9. The molecular weight excluding hydrogens is 380 g/mol. The van der Waals surface area contributed by atoms with Gasteiger partial charge in [-0.25, -0.2) is 13.4 Å². The number of rotatable bonds is 5. The van der Waals surface area contributed by atoms with Gasteiger partial charge in [-0.05, 0) is 25.1 Å². The minimum Gasteiger partial charge on any atom is -0.442 e. The fourth-order valence-corrected chi connectivity index (χ4v) is 2.93. The Labute approximate surface area is 155 Å². The first kappa shape index (κ1) is 18.2. The summed E-state index contributed by atoms with van der Waals surface area (Å²) >= 11 is 5.97. The van der Waals surface area contributed by atoms with E-state index in [0.717, 1.165) is 6.26 Å². The Morgan fingerprint density at radius 1 is 1.15 bits per heavy atom. The fraction of sp³-hybridized carbons (Fsp3) is 0.188. The minimum absolute atomic E-state index is 0.0318. The Bertz CT molecular complexity index is 1070. The Morgan fingerprint density at radius 2 is 1.92 bits per heavy atom. The van der Waals surface area contributed by atoms with Gasteiger partial charge in [-0.3, -0.25) is 9.71 Å². The normalized spacial score (nSPS) is 11.4. The van der Waals surface area contributed by atoms with Crippen molar-refractivity contribution in [2.24, 2.45) is 0 Å². The molecule has 0 saturated heterocycles. The van der Waals surface area contributed by atoms with Crippen LogP contribution in [0.3, 0.4) is 0 Å². The smallest absolute Gasteiger partial charge is 0.263 e. The molecule has 3 aromatic heterocycles. The number of aryl methyl sites for hydroxylation is 2. The van der Waals surface area contributed by atoms with E-state index in [4.69, 9.17) is 20.8 Å². The molecule has 0 aliphatic carbocycles. The molecule has 0 aliphatic heterocycles. The lowest BCUT2D eigenvalue weighted by Gasteiger charge is -2.11. The lowest BCUT2D eigenvalue weighted by atomic mass is 10.2. The summed E-state index contributed by atoms with van der Waals surface area (Å²) in [6, 6.07) is 4.87. The minimum atomic E-state index is -3.53. The molecule has 0 radical (unpaired) electrons. The highest BCUT2D eigenvalue weighted by atomic mass is 35.5. The molecule has 3 rings (SSSR count). The van der Waals surface area contributed by atoms with Gasteiger partial charge in [0.05, 0.1) is 17.0 Å². The summed E-state index contributed by atoms with van der Waals surface area (Å²) in [6.45, 7) is 3.36. The molecular formula is C16H15ClN4O4S. The first-order chi connectivity index (χ1) is 12.2. The molecule has 0 aliphatic rings. The van der Waals surface area contributed by atoms with E-state index in [1.54, 1.807) is 38.2 Å². The molecule has 10 heteroatoms. The van der Waals surface area contributed by atoms with Crippen LogP contribution in [0.2, 0.25) is 5.02 Å². The quantitative estimate of drug-likeness (QED) is 0.704. The number of hydrogen-bond donors (Lipinski definition) is 1. The number of hydrogen-bond acceptors (Lipinski definition) is 7. The second kappa shape index (κ2) is 6.93. The highest BCUT2D eigenvalue weighted by Crippen LogP contribution is 2.32. The number of halogens is 1. The zero-order valence-corrected chi connectivity index (χ0v) is 15.7. The Morgan fingerprint density at radius 3 is 2.54 bits per heavy atom. The predicted molar refractivity (Wildman–Crippen MR) is 97.0 cm³/mol. The molecule has 26 heavy (non-hydrogen) atoms. The van der Waals surface area contributed by atoms with Gasteiger partial charge in [0, 0.05) is 24.9 Å². The van der Waals surface area contributed by atoms with E-state index in [1.165, 1.54) is 6.20 Å². The molecule has 1 N–H and O–H groups in total. The third-order valence-corrected chi connectivity index (χ3v) is 4.01. The Balaban J connectivity index is 2.07. The van der Waals surface area contributed by atoms with Crippen molar-refractivity contribution in [1.29, 1.82) is 0 Å². The molecule has 0 saturated carbocycles. The second-order valence-corrected chi connectivity index (χ2v) is 7.70. The van der Waals surface area contributed by atoms with Crippen LogP contribution < -0.4 is 9.46 Å². The van der Waals surface area contributed by atoms with Crippen molar-refractivity contribution < 1.29 is 17.6 Å². The van der Waals surface area contributed by atoms with Crippen molar-refractivity contribution in [3.63, 3.8) is 0 Å². The average molecular weight is 395 g/mol. The number of nitrogens with zero attached hydrogens (tertiary/aromatic N) is 3. The predicted octanol–water partition coefficient (Wildman–Crippen LogP) is 3.57. The Kier molecular flexibility index (Phi) is 4.84. The van der Waals surface area contributed by atoms with Crippen molar-refractivity contribution in [2.45, 2.75) is 13.8 Å². The standard InChI is InChI=1S/C16H15ClN4O4S/c1-9-15(19-10(2)24-9)25-16-14(21-26(3,22)23)5-4-13(20-16)11-6-12(17)8-18-7-11/h4-8,21H,1-3H3. The number of anilines is 1. The van der Waals surface area contributed by atoms with Gasteiger partial charge in [0.15, 0.2) is 11.7 Å². The van der Waals surface area contributed by atoms with Crippen molar-refractivity contribution >= 4 is 27.3 Å². The van der Waals surface area contributed by atoms with Crippen LogP contribution in [0.15, 0.2) is 35.0 Å². The number of ether oxygens (including phenoxy) is 1. The zero-order valence-electron chi connectivity index (χ0n) is 14.1. The highest BCUT2D eigenvalue weighted by molar-refractivity contribution is 7.92. The van der Waals surface area contributed by atoms with Gasteiger partial charge in [-0.1, -0.05) is 11.6 Å². The highest BCUT2D eigenvalue weighted by Gasteiger charge is 2.17. The van der Waals surface area contributed by atoms with E-state index in [1.807, 2.05) is 0 Å². The summed E-state index contributed by atoms with van der Waals surface area (Å²) in [7, 11) is -3.53. The third-order valence-electron chi connectivity index (χ3n) is 3.21. The summed E-state index contributed by atoms with van der Waals surface area (Å²) in [6.07, 6.45) is 4.13. The van der Waals surface area contributed by atoms with Gasteiger partial charge in [0.25, 0.3) is 5.88 Å². The van der Waals surface area contributed by atoms with Gasteiger partial charge >= 0.3 is 0 Å². The summed E-state index contributed by atoms with van der Waals surface area (Å²) in [5, 5.41) is 0.452. The number of sulfonamides is 1. The van der Waals surface area contributed by atoms with Crippen molar-refractivity contribution in [2.75, 3.05) is 11.0 Å².